The van der Waals surface area contributed by atoms with Crippen molar-refractivity contribution in [2.75, 3.05) is 34.4 Å². The van der Waals surface area contributed by atoms with Crippen LogP contribution < -0.4 is 7.21 Å². The number of hydrogen-bond acceptors (Lipinski definition) is 6. The molecule has 0 saturated heterocycles. The van der Waals surface area contributed by atoms with Crippen LogP contribution >= 0.6 is 0 Å². The number of rotatable bonds is 22. The molecule has 0 saturated carbocycles. The maximum atomic E-state index is 5.25. The molecule has 6 nitrogen and oxygen atoms in total. The van der Waals surface area contributed by atoms with Crippen LogP contribution in [-0.4, -0.2) is 118 Å². The van der Waals surface area contributed by atoms with E-state index in [0.717, 1.165) is 35.9 Å². The molecule has 0 bridgehead atoms. The summed E-state index contributed by atoms with van der Waals surface area (Å²) >= 11 is 1.78. The van der Waals surface area contributed by atoms with Crippen LogP contribution in [0.3, 0.4) is 0 Å². The summed E-state index contributed by atoms with van der Waals surface area (Å²) in [6, 6.07) is 27.1. The van der Waals surface area contributed by atoms with Crippen LogP contribution in [0.15, 0.2) is 106 Å². The van der Waals surface area contributed by atoms with Crippen molar-refractivity contribution in [2.45, 2.75) is 200 Å². The fourth-order valence-corrected chi connectivity index (χ4v) is 14.4. The van der Waals surface area contributed by atoms with Crippen LogP contribution in [0, 0.1) is 0 Å². The number of para-hydroxylation sites is 4. The standard InChI is InChI=1S/2C29H41N2.2C3H8N.2Ga.2Sb/c2*1-18(2)24-13-11-14-25(19(3)4)28(24)30-22(9)17-23(10)31-29-26(20(5)6)15-12-16-27(29)21(7)8;2*1-3-4-2;;;;/h2*11-21H,1-10H3;2*3H2,1-2H3;;;;/q4*-1;2*+2;;/b2*22-17-,31-23?;;;;;;. The monoisotopic (exact) mass is 1330 g/mol. The number of allylic oxidation sites excluding steroid dienone is 4. The van der Waals surface area contributed by atoms with E-state index < -0.39 is 35.8 Å². The Bertz CT molecular complexity index is 2220. The zero-order chi connectivity index (χ0) is 56.3. The van der Waals surface area contributed by atoms with Gasteiger partial charge in [0.2, 0.25) is 0 Å². The van der Waals surface area contributed by atoms with Crippen molar-refractivity contribution in [3.05, 3.63) is 141 Å². The molecule has 4 aromatic rings. The molecule has 0 spiro atoms. The van der Waals surface area contributed by atoms with Gasteiger partial charge in [0.1, 0.15) is 0 Å². The fraction of sp³-hybridized carbons (Fsp3) is 0.531. The third-order valence-corrected chi connectivity index (χ3v) is 20.6. The molecule has 0 atom stereocenters. The van der Waals surface area contributed by atoms with Crippen molar-refractivity contribution in [3.63, 3.8) is 0 Å². The Hall–Kier alpha value is -1.87. The summed E-state index contributed by atoms with van der Waals surface area (Å²) in [5.41, 5.74) is 21.0. The SMILES string of the molecule is CC[N](C)[Ga][N](/C(C)=C\C(C)=Nc1c(C(C)C)cccc1C(C)C)c1c(C(C)C)cccc1C(C)C.CC[N](C)[Ga][N](/C(C)=C\C(C)=Nc1c(C(C)C)cccc1C(C)C)c1c(C(C)C)cccc1C(C)C.[Sb]=[Sb]. The van der Waals surface area contributed by atoms with Gasteiger partial charge in [-0.2, -0.15) is 0 Å². The van der Waals surface area contributed by atoms with Crippen molar-refractivity contribution >= 4 is 106 Å². The second kappa shape index (κ2) is 33.5. The minimum absolute atomic E-state index is 0.440. The minimum atomic E-state index is -0.909. The second-order valence-electron chi connectivity index (χ2n) is 22.6. The van der Waals surface area contributed by atoms with Crippen LogP contribution in [-0.2, 0) is 0 Å². The molecule has 0 aliphatic heterocycles. The van der Waals surface area contributed by atoms with Gasteiger partial charge in [0.15, 0.2) is 0 Å². The summed E-state index contributed by atoms with van der Waals surface area (Å²) in [6.07, 6.45) is 4.62. The molecule has 4 aromatic carbocycles. The zero-order valence-corrected chi connectivity index (χ0v) is 60.8. The van der Waals surface area contributed by atoms with Gasteiger partial charge in [-0.05, 0) is 0 Å². The topological polar surface area (TPSA) is 37.7 Å². The van der Waals surface area contributed by atoms with Gasteiger partial charge in [-0.3, -0.25) is 0 Å². The zero-order valence-electron chi connectivity index (χ0n) is 50.8. The summed E-state index contributed by atoms with van der Waals surface area (Å²) in [5.74, 6) is 3.64. The third-order valence-electron chi connectivity index (χ3n) is 13.6. The van der Waals surface area contributed by atoms with Crippen molar-refractivity contribution < 1.29 is 0 Å². The van der Waals surface area contributed by atoms with Gasteiger partial charge in [-0.1, -0.05) is 0 Å². The van der Waals surface area contributed by atoms with E-state index in [-0.39, 0.29) is 0 Å². The maximum absolute atomic E-state index is 5.25. The summed E-state index contributed by atoms with van der Waals surface area (Å²) < 4.78 is 10.4. The van der Waals surface area contributed by atoms with Crippen molar-refractivity contribution in [1.82, 2.24) is 7.21 Å². The first-order valence-electron chi connectivity index (χ1n) is 27.6. The van der Waals surface area contributed by atoms with E-state index in [4.69, 9.17) is 9.98 Å². The Kier molecular flexibility index (Phi) is 30.9. The van der Waals surface area contributed by atoms with Gasteiger partial charge in [-0.25, -0.2) is 0 Å². The predicted molar refractivity (Wildman–Crippen MR) is 336 cm³/mol. The quantitative estimate of drug-likeness (QED) is 0.0581. The molecule has 10 heteroatoms. The molecule has 0 fully saturated rings. The van der Waals surface area contributed by atoms with Gasteiger partial charge in [-0.15, -0.1) is 0 Å². The molecular formula is C64H98Ga2N6Sb2. The first-order chi connectivity index (χ1) is 34.8. The van der Waals surface area contributed by atoms with E-state index in [9.17, 15) is 0 Å². The molecule has 0 aromatic heterocycles. The van der Waals surface area contributed by atoms with E-state index in [2.05, 4.69) is 266 Å². The Morgan fingerprint density at radius 2 is 0.608 bits per heavy atom. The first kappa shape index (κ1) is 68.2. The molecule has 0 amide bonds. The molecule has 0 unspecified atom stereocenters. The van der Waals surface area contributed by atoms with Crippen LogP contribution in [0.5, 0.6) is 0 Å². The number of anilines is 2. The van der Waals surface area contributed by atoms with Crippen molar-refractivity contribution in [2.24, 2.45) is 9.98 Å². The number of benzene rings is 4. The molecule has 0 aliphatic carbocycles. The van der Waals surface area contributed by atoms with Crippen LogP contribution in [0.25, 0.3) is 0 Å². The van der Waals surface area contributed by atoms with E-state index in [1.54, 1.807) is 36.5 Å². The summed E-state index contributed by atoms with van der Waals surface area (Å²) in [7, 11) is 4.53. The first-order valence-corrected chi connectivity index (χ1v) is 40.8. The molecule has 0 N–H and O–H groups in total. The van der Waals surface area contributed by atoms with Crippen LogP contribution in [0.1, 0.15) is 244 Å². The molecule has 74 heavy (non-hydrogen) atoms. The Labute approximate surface area is 493 Å². The summed E-state index contributed by atoms with van der Waals surface area (Å²) in [4.78, 5) is 10.5. The Morgan fingerprint density at radius 3 is 0.797 bits per heavy atom. The Balaban J connectivity index is 0.000000490. The van der Waals surface area contributed by atoms with Crippen molar-refractivity contribution in [3.8, 4) is 0 Å². The molecule has 0 aliphatic rings. The molecule has 400 valence electrons. The van der Waals surface area contributed by atoms with E-state index in [1.807, 2.05) is 0 Å². The van der Waals surface area contributed by atoms with Gasteiger partial charge >= 0.3 is 499 Å². The van der Waals surface area contributed by atoms with Crippen LogP contribution in [0.4, 0.5) is 22.7 Å². The van der Waals surface area contributed by atoms with Gasteiger partial charge in [0, 0.05) is 0 Å². The second-order valence-corrected chi connectivity index (χ2v) is 29.4. The summed E-state index contributed by atoms with van der Waals surface area (Å²) in [6.45, 7) is 52.2. The average molecular weight is 1330 g/mol. The fourth-order valence-electron chi connectivity index (χ4n) is 9.23. The van der Waals surface area contributed by atoms with E-state index >= 15 is 0 Å². The molecule has 4 radical (unpaired) electrons. The average Bonchev–Trinajstić information content (AvgIpc) is 3.34. The van der Waals surface area contributed by atoms with Crippen molar-refractivity contribution in [1.29, 1.82) is 0 Å². The third kappa shape index (κ3) is 19.8. The van der Waals surface area contributed by atoms with E-state index in [0.29, 0.717) is 47.3 Å². The van der Waals surface area contributed by atoms with Crippen LogP contribution in [0.2, 0.25) is 0 Å². The Morgan fingerprint density at radius 1 is 0.405 bits per heavy atom. The van der Waals surface area contributed by atoms with Gasteiger partial charge in [0.05, 0.1) is 0 Å². The van der Waals surface area contributed by atoms with E-state index in [1.165, 1.54) is 67.3 Å². The summed E-state index contributed by atoms with van der Waals surface area (Å²) in [5, 5.41) is 0. The number of nitrogens with zero attached hydrogens (tertiary/aromatic N) is 6. The molecule has 0 heterocycles. The normalized spacial score (nSPS) is 12.7. The molecular weight excluding hydrogens is 1240 g/mol. The predicted octanol–water partition coefficient (Wildman–Crippen LogP) is 17.6. The molecule has 4 rings (SSSR count). The van der Waals surface area contributed by atoms with Gasteiger partial charge in [0.25, 0.3) is 0 Å². The van der Waals surface area contributed by atoms with Gasteiger partial charge < -0.3 is 0 Å². The number of hydrogen-bond donors (Lipinski definition) is 0. The number of aliphatic imine (C=N–C) groups is 2.